The van der Waals surface area contributed by atoms with E-state index < -0.39 is 11.9 Å². The van der Waals surface area contributed by atoms with Crippen LogP contribution in [0.5, 0.6) is 11.5 Å². The number of nitrogens with one attached hydrogen (secondary N) is 2. The van der Waals surface area contributed by atoms with E-state index in [1.807, 2.05) is 0 Å². The Balaban J connectivity index is 1.67. The number of anilines is 1. The van der Waals surface area contributed by atoms with Crippen molar-refractivity contribution in [1.82, 2.24) is 5.32 Å². The molecule has 31 heavy (non-hydrogen) atoms. The summed E-state index contributed by atoms with van der Waals surface area (Å²) in [6.45, 7) is 0. The average molecular weight is 461 g/mol. The van der Waals surface area contributed by atoms with Crippen molar-refractivity contribution < 1.29 is 23.8 Å². The second-order valence-corrected chi connectivity index (χ2v) is 8.31. The van der Waals surface area contributed by atoms with Gasteiger partial charge in [-0.15, -0.1) is 11.3 Å². The van der Waals surface area contributed by atoms with Crippen molar-refractivity contribution in [3.05, 3.63) is 45.8 Å². The molecule has 164 valence electrons. The molecule has 3 rings (SSSR count). The largest absolute Gasteiger partial charge is 0.493 e. The SMILES string of the molecule is COC(=O)c1c(NC(=S)NC(=O)/C=C/c2ccc(OC)c(OC)c2)sc2c1CCCC2. The van der Waals surface area contributed by atoms with Crippen LogP contribution in [0.3, 0.4) is 0 Å². The highest BCUT2D eigenvalue weighted by Crippen LogP contribution is 2.38. The van der Waals surface area contributed by atoms with Crippen molar-refractivity contribution in [3.63, 3.8) is 0 Å². The molecule has 0 atom stereocenters. The van der Waals surface area contributed by atoms with Crippen LogP contribution in [0.15, 0.2) is 24.3 Å². The number of amides is 1. The van der Waals surface area contributed by atoms with E-state index in [0.717, 1.165) is 41.7 Å². The number of hydrogen-bond acceptors (Lipinski definition) is 7. The molecule has 0 radical (unpaired) electrons. The van der Waals surface area contributed by atoms with Crippen molar-refractivity contribution in [1.29, 1.82) is 0 Å². The minimum absolute atomic E-state index is 0.116. The Hall–Kier alpha value is -2.91. The Morgan fingerprint density at radius 3 is 2.55 bits per heavy atom. The fourth-order valence-corrected chi connectivity index (χ4v) is 4.94. The molecule has 0 fully saturated rings. The zero-order valence-electron chi connectivity index (χ0n) is 17.6. The Morgan fingerprint density at radius 2 is 1.84 bits per heavy atom. The van der Waals surface area contributed by atoms with Crippen LogP contribution in [0.1, 0.15) is 39.2 Å². The molecule has 2 N–H and O–H groups in total. The predicted molar refractivity (Wildman–Crippen MR) is 125 cm³/mol. The minimum Gasteiger partial charge on any atom is -0.493 e. The van der Waals surface area contributed by atoms with Crippen LogP contribution in [0.2, 0.25) is 0 Å². The summed E-state index contributed by atoms with van der Waals surface area (Å²) in [6.07, 6.45) is 6.91. The van der Waals surface area contributed by atoms with Crippen molar-refractivity contribution >= 4 is 51.6 Å². The predicted octanol–water partition coefficient (Wildman–Crippen LogP) is 3.96. The first-order valence-electron chi connectivity index (χ1n) is 9.71. The maximum atomic E-state index is 12.3. The molecule has 1 aromatic heterocycles. The van der Waals surface area contributed by atoms with Crippen molar-refractivity contribution in [2.75, 3.05) is 26.6 Å². The van der Waals surface area contributed by atoms with Crippen LogP contribution in [0, 0.1) is 0 Å². The van der Waals surface area contributed by atoms with E-state index in [1.165, 1.54) is 24.5 Å². The van der Waals surface area contributed by atoms with Crippen LogP contribution < -0.4 is 20.1 Å². The quantitative estimate of drug-likeness (QED) is 0.383. The molecule has 1 aliphatic rings. The highest BCUT2D eigenvalue weighted by Gasteiger charge is 2.26. The molecule has 1 amide bonds. The number of carbonyl (C=O) groups is 2. The van der Waals surface area contributed by atoms with E-state index in [2.05, 4.69) is 10.6 Å². The number of aryl methyl sites for hydroxylation is 1. The first-order chi connectivity index (χ1) is 15.0. The van der Waals surface area contributed by atoms with E-state index in [1.54, 1.807) is 38.5 Å². The number of thiophene rings is 1. The zero-order chi connectivity index (χ0) is 22.4. The minimum atomic E-state index is -0.399. The molecule has 1 aromatic carbocycles. The van der Waals surface area contributed by atoms with Crippen LogP contribution in [0.25, 0.3) is 6.08 Å². The van der Waals surface area contributed by atoms with Crippen molar-refractivity contribution in [2.45, 2.75) is 25.7 Å². The fraction of sp³-hybridized carbons (Fsp3) is 0.318. The van der Waals surface area contributed by atoms with Gasteiger partial charge in [0.2, 0.25) is 5.91 Å². The molecule has 2 aromatic rings. The molecule has 0 saturated carbocycles. The van der Waals surface area contributed by atoms with Gasteiger partial charge in [-0.05, 0) is 67.2 Å². The number of esters is 1. The van der Waals surface area contributed by atoms with Gasteiger partial charge in [0.25, 0.3) is 0 Å². The smallest absolute Gasteiger partial charge is 0.341 e. The molecule has 9 heteroatoms. The van der Waals surface area contributed by atoms with Gasteiger partial charge in [0.05, 0.1) is 26.9 Å². The maximum Gasteiger partial charge on any atom is 0.341 e. The van der Waals surface area contributed by atoms with Crippen LogP contribution in [0.4, 0.5) is 5.00 Å². The lowest BCUT2D eigenvalue weighted by Gasteiger charge is -2.12. The fourth-order valence-electron chi connectivity index (χ4n) is 3.39. The van der Waals surface area contributed by atoms with E-state index >= 15 is 0 Å². The van der Waals surface area contributed by atoms with Gasteiger partial charge in [-0.1, -0.05) is 6.07 Å². The van der Waals surface area contributed by atoms with Crippen LogP contribution in [-0.2, 0) is 22.4 Å². The van der Waals surface area contributed by atoms with Gasteiger partial charge < -0.3 is 19.5 Å². The normalized spacial score (nSPS) is 12.7. The van der Waals surface area contributed by atoms with Crippen LogP contribution in [-0.4, -0.2) is 38.3 Å². The number of benzene rings is 1. The standard InChI is InChI=1S/C22H24N2O5S2/c1-27-15-10-8-13(12-16(15)28-2)9-11-18(25)23-22(30)24-20-19(21(26)29-3)14-6-4-5-7-17(14)31-20/h8-12H,4-7H2,1-3H3,(H2,23,24,25,30)/b11-9+. The third-order valence-electron chi connectivity index (χ3n) is 4.86. The molecule has 1 heterocycles. The number of methoxy groups -OCH3 is 3. The second-order valence-electron chi connectivity index (χ2n) is 6.80. The van der Waals surface area contributed by atoms with Crippen LogP contribution >= 0.6 is 23.6 Å². The maximum absolute atomic E-state index is 12.3. The van der Waals surface area contributed by atoms with Gasteiger partial charge >= 0.3 is 5.97 Å². The molecule has 0 spiro atoms. The summed E-state index contributed by atoms with van der Waals surface area (Å²) >= 11 is 6.76. The summed E-state index contributed by atoms with van der Waals surface area (Å²) in [4.78, 5) is 25.8. The van der Waals surface area contributed by atoms with Gasteiger partial charge in [0, 0.05) is 11.0 Å². The summed E-state index contributed by atoms with van der Waals surface area (Å²) in [5.74, 6) is 0.381. The van der Waals surface area contributed by atoms with E-state index in [-0.39, 0.29) is 5.11 Å². The van der Waals surface area contributed by atoms with E-state index in [4.69, 9.17) is 26.4 Å². The Kier molecular flexibility index (Phi) is 7.64. The molecule has 0 aliphatic heterocycles. The van der Waals surface area contributed by atoms with Gasteiger partial charge in [-0.2, -0.15) is 0 Å². The average Bonchev–Trinajstić information content (AvgIpc) is 3.14. The Bertz CT molecular complexity index is 1030. The lowest BCUT2D eigenvalue weighted by Crippen LogP contribution is -2.33. The van der Waals surface area contributed by atoms with Gasteiger partial charge in [-0.25, -0.2) is 4.79 Å². The summed E-state index contributed by atoms with van der Waals surface area (Å²) in [6, 6.07) is 5.33. The van der Waals surface area contributed by atoms with Gasteiger partial charge in [0.1, 0.15) is 5.00 Å². The number of hydrogen-bond donors (Lipinski definition) is 2. The van der Waals surface area contributed by atoms with E-state index in [9.17, 15) is 9.59 Å². The summed E-state index contributed by atoms with van der Waals surface area (Å²) in [5.41, 5.74) is 2.30. The Morgan fingerprint density at radius 1 is 1.10 bits per heavy atom. The zero-order valence-corrected chi connectivity index (χ0v) is 19.2. The molecular formula is C22H24N2O5S2. The second kappa shape index (κ2) is 10.4. The third kappa shape index (κ3) is 5.42. The highest BCUT2D eigenvalue weighted by atomic mass is 32.1. The van der Waals surface area contributed by atoms with E-state index in [0.29, 0.717) is 22.1 Å². The number of thiocarbonyl (C=S) groups is 1. The molecule has 0 bridgehead atoms. The number of carbonyl (C=O) groups excluding carboxylic acids is 2. The Labute approximate surface area is 190 Å². The number of fused-ring (bicyclic) bond motifs is 1. The lowest BCUT2D eigenvalue weighted by atomic mass is 9.95. The molecule has 0 unspecified atom stereocenters. The monoisotopic (exact) mass is 460 g/mol. The number of ether oxygens (including phenoxy) is 3. The first-order valence-corrected chi connectivity index (χ1v) is 10.9. The number of rotatable bonds is 6. The highest BCUT2D eigenvalue weighted by molar-refractivity contribution is 7.80. The van der Waals surface area contributed by atoms with Gasteiger partial charge in [-0.3, -0.25) is 10.1 Å². The topological polar surface area (TPSA) is 85.9 Å². The van der Waals surface area contributed by atoms with Gasteiger partial charge in [0.15, 0.2) is 16.6 Å². The molecular weight excluding hydrogens is 436 g/mol. The van der Waals surface area contributed by atoms with Crippen molar-refractivity contribution in [3.8, 4) is 11.5 Å². The first kappa shape index (κ1) is 22.8. The van der Waals surface area contributed by atoms with Crippen molar-refractivity contribution in [2.24, 2.45) is 0 Å². The lowest BCUT2D eigenvalue weighted by molar-refractivity contribution is -0.115. The molecule has 0 saturated heterocycles. The third-order valence-corrected chi connectivity index (χ3v) is 6.27. The molecule has 1 aliphatic carbocycles. The molecule has 7 nitrogen and oxygen atoms in total. The summed E-state index contributed by atoms with van der Waals surface area (Å²) in [7, 11) is 4.47. The summed E-state index contributed by atoms with van der Waals surface area (Å²) < 4.78 is 15.4. The summed E-state index contributed by atoms with van der Waals surface area (Å²) in [5, 5.41) is 6.32.